The van der Waals surface area contributed by atoms with Crippen LogP contribution in [0.15, 0.2) is 45.6 Å². The topological polar surface area (TPSA) is 59.8 Å². The summed E-state index contributed by atoms with van der Waals surface area (Å²) in [6, 6.07) is 11.0. The number of rotatable bonds is 5. The van der Waals surface area contributed by atoms with E-state index in [0.717, 1.165) is 11.1 Å². The number of halogens is 1. The number of ether oxygens (including phenoxy) is 1. The van der Waals surface area contributed by atoms with Crippen molar-refractivity contribution in [2.75, 3.05) is 20.3 Å². The maximum atomic E-state index is 13.6. The van der Waals surface area contributed by atoms with Crippen molar-refractivity contribution >= 4 is 28.5 Å². The van der Waals surface area contributed by atoms with Crippen LogP contribution in [0, 0.1) is 6.92 Å². The molecule has 4 rings (SSSR count). The summed E-state index contributed by atoms with van der Waals surface area (Å²) in [5.41, 5.74) is 3.41. The molecule has 1 atom stereocenters. The molecule has 0 saturated heterocycles. The average molecular weight is 454 g/mol. The van der Waals surface area contributed by atoms with E-state index in [4.69, 9.17) is 20.8 Å². The minimum atomic E-state index is -0.510. The first-order chi connectivity index (χ1) is 15.1. The Labute approximate surface area is 192 Å². The first-order valence-electron chi connectivity index (χ1n) is 10.8. The van der Waals surface area contributed by atoms with Gasteiger partial charge in [0.25, 0.3) is 5.91 Å². The van der Waals surface area contributed by atoms with Crippen molar-refractivity contribution in [2.24, 2.45) is 0 Å². The number of aryl methyl sites for hydroxylation is 1. The second-order valence-electron chi connectivity index (χ2n) is 9.39. The van der Waals surface area contributed by atoms with Gasteiger partial charge in [0.15, 0.2) is 5.43 Å². The van der Waals surface area contributed by atoms with Gasteiger partial charge in [-0.25, -0.2) is 0 Å². The van der Waals surface area contributed by atoms with Gasteiger partial charge in [0.2, 0.25) is 5.76 Å². The fourth-order valence-corrected chi connectivity index (χ4v) is 4.43. The fourth-order valence-electron chi connectivity index (χ4n) is 4.26. The minimum absolute atomic E-state index is 0.00389. The van der Waals surface area contributed by atoms with Gasteiger partial charge in [-0.3, -0.25) is 9.59 Å². The molecule has 1 aromatic heterocycles. The lowest BCUT2D eigenvalue weighted by molar-refractivity contribution is 0.0708. The summed E-state index contributed by atoms with van der Waals surface area (Å²) in [5, 5.41) is 0.888. The SMILES string of the molecule is COCCCN1C(=O)c2oc3cc(C)c(Cl)cc3c(=O)c2C1c1ccc(C(C)(C)C)cc1. The molecule has 0 fully saturated rings. The van der Waals surface area contributed by atoms with Crippen LogP contribution in [0.25, 0.3) is 11.0 Å². The number of nitrogens with zero attached hydrogens (tertiary/aromatic N) is 1. The zero-order valence-electron chi connectivity index (χ0n) is 19.1. The van der Waals surface area contributed by atoms with Crippen molar-refractivity contribution in [3.63, 3.8) is 0 Å². The molecule has 1 aliphatic heterocycles. The van der Waals surface area contributed by atoms with E-state index in [9.17, 15) is 9.59 Å². The van der Waals surface area contributed by atoms with E-state index in [2.05, 4.69) is 32.9 Å². The van der Waals surface area contributed by atoms with E-state index in [-0.39, 0.29) is 22.5 Å². The Balaban J connectivity index is 1.90. The van der Waals surface area contributed by atoms with E-state index < -0.39 is 6.04 Å². The van der Waals surface area contributed by atoms with Gasteiger partial charge in [0, 0.05) is 25.3 Å². The lowest BCUT2D eigenvalue weighted by Crippen LogP contribution is -2.31. The summed E-state index contributed by atoms with van der Waals surface area (Å²) in [4.78, 5) is 28.7. The van der Waals surface area contributed by atoms with Gasteiger partial charge in [-0.05, 0) is 47.6 Å². The smallest absolute Gasteiger partial charge is 0.290 e. The van der Waals surface area contributed by atoms with Crippen LogP contribution in [0.5, 0.6) is 0 Å². The molecule has 1 amide bonds. The monoisotopic (exact) mass is 453 g/mol. The lowest BCUT2D eigenvalue weighted by Gasteiger charge is -2.26. The van der Waals surface area contributed by atoms with E-state index in [1.807, 2.05) is 19.1 Å². The molecule has 2 aromatic carbocycles. The number of hydrogen-bond acceptors (Lipinski definition) is 4. The Morgan fingerprint density at radius 2 is 1.81 bits per heavy atom. The first-order valence-corrected chi connectivity index (χ1v) is 11.2. The van der Waals surface area contributed by atoms with Gasteiger partial charge in [-0.2, -0.15) is 0 Å². The van der Waals surface area contributed by atoms with E-state index >= 15 is 0 Å². The minimum Gasteiger partial charge on any atom is -0.450 e. The van der Waals surface area contributed by atoms with Crippen molar-refractivity contribution in [3.8, 4) is 0 Å². The van der Waals surface area contributed by atoms with Gasteiger partial charge >= 0.3 is 0 Å². The molecule has 1 aliphatic rings. The third-order valence-corrected chi connectivity index (χ3v) is 6.49. The zero-order chi connectivity index (χ0) is 23.2. The Morgan fingerprint density at radius 1 is 1.12 bits per heavy atom. The predicted octanol–water partition coefficient (Wildman–Crippen LogP) is 5.63. The Morgan fingerprint density at radius 3 is 2.44 bits per heavy atom. The molecule has 6 heteroatoms. The molecule has 0 bridgehead atoms. The molecule has 168 valence electrons. The standard InChI is InChI=1S/C26H28ClNO4/c1-15-13-20-18(14-19(15)27)23(29)21-22(16-7-9-17(10-8-16)26(2,3)4)28(11-6-12-31-5)25(30)24(21)32-20/h7-10,13-14,22H,6,11-12H2,1-5H3. The first kappa shape index (κ1) is 22.6. The quantitative estimate of drug-likeness (QED) is 0.469. The fraction of sp³-hybridized carbons (Fsp3) is 0.385. The van der Waals surface area contributed by atoms with Crippen LogP contribution in [-0.4, -0.2) is 31.1 Å². The van der Waals surface area contributed by atoms with Crippen LogP contribution in [0.2, 0.25) is 5.02 Å². The maximum Gasteiger partial charge on any atom is 0.290 e. The lowest BCUT2D eigenvalue weighted by atomic mass is 9.86. The highest BCUT2D eigenvalue weighted by Gasteiger charge is 2.42. The van der Waals surface area contributed by atoms with Crippen LogP contribution < -0.4 is 5.43 Å². The number of methoxy groups -OCH3 is 1. The second-order valence-corrected chi connectivity index (χ2v) is 9.80. The van der Waals surface area contributed by atoms with Crippen LogP contribution in [0.1, 0.15) is 66.0 Å². The molecule has 0 spiro atoms. The second kappa shape index (κ2) is 8.38. The van der Waals surface area contributed by atoms with Gasteiger partial charge in [-0.1, -0.05) is 56.6 Å². The summed E-state index contributed by atoms with van der Waals surface area (Å²) in [7, 11) is 1.63. The van der Waals surface area contributed by atoms with Crippen LogP contribution in [-0.2, 0) is 10.2 Å². The van der Waals surface area contributed by atoms with E-state index in [1.54, 1.807) is 24.1 Å². The van der Waals surface area contributed by atoms with Crippen molar-refractivity contribution in [1.82, 2.24) is 4.90 Å². The van der Waals surface area contributed by atoms with Crippen molar-refractivity contribution in [1.29, 1.82) is 0 Å². The summed E-state index contributed by atoms with van der Waals surface area (Å²) in [5.74, 6) is -0.154. The molecule has 2 heterocycles. The van der Waals surface area contributed by atoms with Crippen molar-refractivity contribution in [3.05, 3.63) is 79.7 Å². The Bertz CT molecular complexity index is 1240. The molecule has 0 aliphatic carbocycles. The summed E-state index contributed by atoms with van der Waals surface area (Å²) in [6.45, 7) is 9.28. The van der Waals surface area contributed by atoms with E-state index in [0.29, 0.717) is 41.1 Å². The molecule has 0 radical (unpaired) electrons. The molecule has 0 N–H and O–H groups in total. The molecular weight excluding hydrogens is 426 g/mol. The highest BCUT2D eigenvalue weighted by Crippen LogP contribution is 2.39. The number of benzene rings is 2. The number of carbonyl (C=O) groups excluding carboxylic acids is 1. The highest BCUT2D eigenvalue weighted by atomic mass is 35.5. The van der Waals surface area contributed by atoms with Crippen LogP contribution in [0.3, 0.4) is 0 Å². The third kappa shape index (κ3) is 3.84. The van der Waals surface area contributed by atoms with Crippen LogP contribution in [0.4, 0.5) is 0 Å². The van der Waals surface area contributed by atoms with E-state index in [1.165, 1.54) is 5.56 Å². The van der Waals surface area contributed by atoms with Gasteiger partial charge in [0.1, 0.15) is 5.58 Å². The Hall–Kier alpha value is -2.63. The van der Waals surface area contributed by atoms with Crippen molar-refractivity contribution in [2.45, 2.75) is 45.6 Å². The van der Waals surface area contributed by atoms with Crippen molar-refractivity contribution < 1.29 is 13.9 Å². The number of hydrogen-bond donors (Lipinski definition) is 0. The predicted molar refractivity (Wildman–Crippen MR) is 127 cm³/mol. The molecule has 1 unspecified atom stereocenters. The Kier molecular flexibility index (Phi) is 5.91. The maximum absolute atomic E-state index is 13.6. The number of amides is 1. The molecule has 3 aromatic rings. The molecule has 0 saturated carbocycles. The highest BCUT2D eigenvalue weighted by molar-refractivity contribution is 6.32. The van der Waals surface area contributed by atoms with Gasteiger partial charge < -0.3 is 14.1 Å². The summed E-state index contributed by atoms with van der Waals surface area (Å²) >= 11 is 6.29. The third-order valence-electron chi connectivity index (χ3n) is 6.09. The molecule has 5 nitrogen and oxygen atoms in total. The molecular formula is C26H28ClNO4. The normalized spacial score (nSPS) is 16.1. The number of fused-ring (bicyclic) bond motifs is 2. The summed E-state index contributed by atoms with van der Waals surface area (Å²) in [6.07, 6.45) is 0.658. The average Bonchev–Trinajstić information content (AvgIpc) is 3.02. The van der Waals surface area contributed by atoms with Crippen LogP contribution >= 0.6 is 11.6 Å². The van der Waals surface area contributed by atoms with Gasteiger partial charge in [0.05, 0.1) is 17.0 Å². The number of carbonyl (C=O) groups is 1. The summed E-state index contributed by atoms with van der Waals surface area (Å²) < 4.78 is 11.2. The van der Waals surface area contributed by atoms with Gasteiger partial charge in [-0.15, -0.1) is 0 Å². The zero-order valence-corrected chi connectivity index (χ0v) is 19.9. The molecule has 32 heavy (non-hydrogen) atoms. The largest absolute Gasteiger partial charge is 0.450 e.